The molecule has 0 fully saturated rings. The minimum atomic E-state index is 0.602. The molecule has 0 aliphatic rings. The van der Waals surface area contributed by atoms with E-state index in [2.05, 4.69) is 20.9 Å². The molecule has 0 spiro atoms. The topological polar surface area (TPSA) is 38.9 Å². The summed E-state index contributed by atoms with van der Waals surface area (Å²) in [6, 6.07) is 4.03. The molecule has 0 bridgehead atoms. The van der Waals surface area contributed by atoms with E-state index in [-0.39, 0.29) is 0 Å². The normalized spacial score (nSPS) is 10.4. The van der Waals surface area contributed by atoms with Crippen LogP contribution in [0.15, 0.2) is 21.3 Å². The molecule has 2 rings (SSSR count). The Balaban J connectivity index is 2.54. The summed E-state index contributed by atoms with van der Waals surface area (Å²) in [5.74, 6) is 0. The molecule has 0 radical (unpaired) electrons. The van der Waals surface area contributed by atoms with Gasteiger partial charge in [-0.15, -0.1) is 11.3 Å². The molecule has 2 nitrogen and oxygen atoms in total. The monoisotopic (exact) mass is 260 g/mol. The molecule has 12 heavy (non-hydrogen) atoms. The highest BCUT2D eigenvalue weighted by atomic mass is 79.9. The van der Waals surface area contributed by atoms with Crippen LogP contribution in [0.25, 0.3) is 10.6 Å². The number of hydrogen-bond acceptors (Lipinski definition) is 4. The first-order chi connectivity index (χ1) is 5.77. The lowest BCUT2D eigenvalue weighted by Gasteiger charge is -1.88. The van der Waals surface area contributed by atoms with Gasteiger partial charge in [-0.25, -0.2) is 4.98 Å². The van der Waals surface area contributed by atoms with Gasteiger partial charge in [-0.05, 0) is 27.4 Å². The zero-order valence-electron chi connectivity index (χ0n) is 5.95. The van der Waals surface area contributed by atoms with Crippen LogP contribution in [-0.4, -0.2) is 4.98 Å². The molecule has 2 aromatic rings. The predicted molar refractivity (Wildman–Crippen MR) is 57.5 cm³/mol. The van der Waals surface area contributed by atoms with Crippen molar-refractivity contribution in [2.45, 2.75) is 0 Å². The third-order valence-corrected chi connectivity index (χ3v) is 3.77. The molecule has 0 aliphatic carbocycles. The molecular weight excluding hydrogens is 256 g/mol. The Labute approximate surface area is 86.2 Å². The van der Waals surface area contributed by atoms with E-state index in [0.717, 1.165) is 14.4 Å². The highest BCUT2D eigenvalue weighted by Gasteiger charge is 2.09. The number of nitrogens with two attached hydrogens (primary N) is 1. The van der Waals surface area contributed by atoms with E-state index in [0.29, 0.717) is 5.13 Å². The van der Waals surface area contributed by atoms with Crippen molar-refractivity contribution in [3.05, 3.63) is 21.3 Å². The van der Waals surface area contributed by atoms with Crippen molar-refractivity contribution in [3.8, 4) is 10.6 Å². The molecule has 2 heterocycles. The van der Waals surface area contributed by atoms with Crippen molar-refractivity contribution in [1.29, 1.82) is 0 Å². The molecule has 0 amide bonds. The Morgan fingerprint density at radius 2 is 2.33 bits per heavy atom. The van der Waals surface area contributed by atoms with E-state index in [1.165, 1.54) is 11.3 Å². The van der Waals surface area contributed by atoms with Gasteiger partial charge in [0.15, 0.2) is 5.13 Å². The molecule has 2 aromatic heterocycles. The van der Waals surface area contributed by atoms with E-state index in [4.69, 9.17) is 5.73 Å². The van der Waals surface area contributed by atoms with Crippen LogP contribution in [0, 0.1) is 0 Å². The highest BCUT2D eigenvalue weighted by Crippen LogP contribution is 2.36. The van der Waals surface area contributed by atoms with Crippen LogP contribution in [0.1, 0.15) is 0 Å². The van der Waals surface area contributed by atoms with Crippen LogP contribution in [0.2, 0.25) is 0 Å². The van der Waals surface area contributed by atoms with Gasteiger partial charge in [0.1, 0.15) is 9.48 Å². The van der Waals surface area contributed by atoms with Gasteiger partial charge in [0, 0.05) is 0 Å². The maximum Gasteiger partial charge on any atom is 0.181 e. The van der Waals surface area contributed by atoms with E-state index in [1.807, 2.05) is 17.5 Å². The van der Waals surface area contributed by atoms with E-state index < -0.39 is 0 Å². The fourth-order valence-corrected chi connectivity index (χ4v) is 3.17. The molecule has 0 saturated carbocycles. The summed E-state index contributed by atoms with van der Waals surface area (Å²) in [5, 5.41) is 2.63. The summed E-state index contributed by atoms with van der Waals surface area (Å²) < 4.78 is 1.00. The first-order valence-electron chi connectivity index (χ1n) is 3.23. The third kappa shape index (κ3) is 1.39. The van der Waals surface area contributed by atoms with Gasteiger partial charge in [-0.2, -0.15) is 0 Å². The van der Waals surface area contributed by atoms with Crippen LogP contribution < -0.4 is 5.73 Å². The first-order valence-corrected chi connectivity index (χ1v) is 5.72. The summed E-state index contributed by atoms with van der Waals surface area (Å²) in [6.45, 7) is 0. The first kappa shape index (κ1) is 8.22. The summed E-state index contributed by atoms with van der Waals surface area (Å²) >= 11 is 6.54. The number of nitrogen functional groups attached to an aromatic ring is 1. The molecule has 0 saturated heterocycles. The lowest BCUT2D eigenvalue weighted by atomic mass is 10.4. The van der Waals surface area contributed by atoms with Gasteiger partial charge < -0.3 is 5.73 Å². The standard InChI is InChI=1S/C7H5BrN2S2/c8-6-5(10-7(9)12-6)4-2-1-3-11-4/h1-3H,(H2,9,10). The summed E-state index contributed by atoms with van der Waals surface area (Å²) in [4.78, 5) is 5.36. The van der Waals surface area contributed by atoms with E-state index >= 15 is 0 Å². The maximum absolute atomic E-state index is 5.57. The van der Waals surface area contributed by atoms with Crippen LogP contribution in [0.3, 0.4) is 0 Å². The number of thiophene rings is 1. The molecule has 5 heteroatoms. The highest BCUT2D eigenvalue weighted by molar-refractivity contribution is 9.11. The minimum Gasteiger partial charge on any atom is -0.375 e. The van der Waals surface area contributed by atoms with Gasteiger partial charge in [-0.1, -0.05) is 17.4 Å². The van der Waals surface area contributed by atoms with E-state index in [9.17, 15) is 0 Å². The largest absolute Gasteiger partial charge is 0.375 e. The lowest BCUT2D eigenvalue weighted by molar-refractivity contribution is 1.42. The Morgan fingerprint density at radius 3 is 2.83 bits per heavy atom. The number of rotatable bonds is 1. The number of thiazole rings is 1. The molecule has 0 atom stereocenters. The summed E-state index contributed by atoms with van der Waals surface area (Å²) in [5.41, 5.74) is 6.52. The van der Waals surface area contributed by atoms with Crippen molar-refractivity contribution >= 4 is 43.7 Å². The summed E-state index contributed by atoms with van der Waals surface area (Å²) in [7, 11) is 0. The molecule has 0 aliphatic heterocycles. The summed E-state index contributed by atoms with van der Waals surface area (Å²) in [6.07, 6.45) is 0. The molecular formula is C7H5BrN2S2. The number of anilines is 1. The van der Waals surface area contributed by atoms with Gasteiger partial charge in [-0.3, -0.25) is 0 Å². The molecule has 0 aromatic carbocycles. The SMILES string of the molecule is Nc1nc(-c2cccs2)c(Br)s1. The quantitative estimate of drug-likeness (QED) is 0.856. The second-order valence-electron chi connectivity index (χ2n) is 2.15. The molecule has 0 unspecified atom stereocenters. The van der Waals surface area contributed by atoms with Gasteiger partial charge in [0.2, 0.25) is 0 Å². The van der Waals surface area contributed by atoms with Crippen molar-refractivity contribution < 1.29 is 0 Å². The van der Waals surface area contributed by atoms with Gasteiger partial charge in [0.05, 0.1) is 4.88 Å². The van der Waals surface area contributed by atoms with Gasteiger partial charge in [0.25, 0.3) is 0 Å². The van der Waals surface area contributed by atoms with Crippen molar-refractivity contribution in [2.24, 2.45) is 0 Å². The third-order valence-electron chi connectivity index (χ3n) is 1.36. The second kappa shape index (κ2) is 3.16. The Bertz CT molecular complexity index is 380. The fourth-order valence-electron chi connectivity index (χ4n) is 0.882. The average Bonchev–Trinajstić information content (AvgIpc) is 2.58. The zero-order chi connectivity index (χ0) is 8.55. The second-order valence-corrected chi connectivity index (χ2v) is 5.45. The van der Waals surface area contributed by atoms with Crippen molar-refractivity contribution in [2.75, 3.05) is 5.73 Å². The fraction of sp³-hybridized carbons (Fsp3) is 0. The van der Waals surface area contributed by atoms with Crippen LogP contribution >= 0.6 is 38.6 Å². The molecule has 62 valence electrons. The number of halogens is 1. The Morgan fingerprint density at radius 1 is 1.50 bits per heavy atom. The number of nitrogens with zero attached hydrogens (tertiary/aromatic N) is 1. The van der Waals surface area contributed by atoms with Crippen LogP contribution in [-0.2, 0) is 0 Å². The van der Waals surface area contributed by atoms with E-state index in [1.54, 1.807) is 11.3 Å². The van der Waals surface area contributed by atoms with Crippen LogP contribution in [0.5, 0.6) is 0 Å². The zero-order valence-corrected chi connectivity index (χ0v) is 9.17. The molecule has 2 N–H and O–H groups in total. The maximum atomic E-state index is 5.57. The van der Waals surface area contributed by atoms with Crippen molar-refractivity contribution in [3.63, 3.8) is 0 Å². The number of aromatic nitrogens is 1. The smallest absolute Gasteiger partial charge is 0.181 e. The lowest BCUT2D eigenvalue weighted by Crippen LogP contribution is -1.80. The minimum absolute atomic E-state index is 0.602. The Hall–Kier alpha value is -0.390. The predicted octanol–water partition coefficient (Wildman–Crippen LogP) is 3.22. The van der Waals surface area contributed by atoms with Crippen molar-refractivity contribution in [1.82, 2.24) is 4.98 Å². The van der Waals surface area contributed by atoms with Crippen LogP contribution in [0.4, 0.5) is 5.13 Å². The number of hydrogen-bond donors (Lipinski definition) is 1. The average molecular weight is 261 g/mol. The van der Waals surface area contributed by atoms with Gasteiger partial charge >= 0.3 is 0 Å². The Kier molecular flexibility index (Phi) is 2.16.